The van der Waals surface area contributed by atoms with Gasteiger partial charge in [-0.25, -0.2) is 9.59 Å². The van der Waals surface area contributed by atoms with Crippen molar-refractivity contribution in [2.75, 3.05) is 20.7 Å². The van der Waals surface area contributed by atoms with Gasteiger partial charge in [0.25, 0.3) is 0 Å². The summed E-state index contributed by atoms with van der Waals surface area (Å²) in [7, 11) is 3.04. The molecule has 0 spiro atoms. The van der Waals surface area contributed by atoms with Crippen LogP contribution in [-0.2, 0) is 17.6 Å². The molecule has 0 aliphatic carbocycles. The molecule has 7 nitrogen and oxygen atoms in total. The monoisotopic (exact) mass is 528 g/mol. The smallest absolute Gasteiger partial charge is 0.326 e. The number of phenolic OH excluding ortho intramolecular Hbond substituents is 1. The maximum Gasteiger partial charge on any atom is 0.326 e. The zero-order valence-electron chi connectivity index (χ0n) is 16.0. The van der Waals surface area contributed by atoms with Gasteiger partial charge in [-0.2, -0.15) is 0 Å². The SMILES string of the molecule is COc1cccc(CCNC(=O)N(C)[C@H](Cc2cc(Br)c(O)c(Br)c2)C(=O)O)c1. The number of carboxylic acid groups (broad SMARTS) is 1. The van der Waals surface area contributed by atoms with Crippen LogP contribution in [0.25, 0.3) is 0 Å². The van der Waals surface area contributed by atoms with Crippen LogP contribution in [0.2, 0.25) is 0 Å². The summed E-state index contributed by atoms with van der Waals surface area (Å²) in [6.45, 7) is 0.360. The van der Waals surface area contributed by atoms with Crippen molar-refractivity contribution in [3.63, 3.8) is 0 Å². The van der Waals surface area contributed by atoms with Crippen LogP contribution in [0.3, 0.4) is 0 Å². The van der Waals surface area contributed by atoms with Crippen molar-refractivity contribution >= 4 is 43.9 Å². The lowest BCUT2D eigenvalue weighted by Gasteiger charge is -2.25. The van der Waals surface area contributed by atoms with Crippen molar-refractivity contribution in [1.82, 2.24) is 10.2 Å². The van der Waals surface area contributed by atoms with Gasteiger partial charge < -0.3 is 25.2 Å². The predicted molar refractivity (Wildman–Crippen MR) is 116 cm³/mol. The van der Waals surface area contributed by atoms with E-state index in [1.807, 2.05) is 24.3 Å². The number of hydrogen-bond acceptors (Lipinski definition) is 4. The molecule has 1 atom stereocenters. The highest BCUT2D eigenvalue weighted by molar-refractivity contribution is 9.11. The molecule has 156 valence electrons. The molecule has 2 aromatic rings. The van der Waals surface area contributed by atoms with Gasteiger partial charge in [-0.15, -0.1) is 0 Å². The summed E-state index contributed by atoms with van der Waals surface area (Å²) in [5, 5.41) is 22.1. The lowest BCUT2D eigenvalue weighted by molar-refractivity contribution is -0.141. The Morgan fingerprint density at radius 2 is 1.83 bits per heavy atom. The number of carbonyl (C=O) groups is 2. The largest absolute Gasteiger partial charge is 0.506 e. The summed E-state index contributed by atoms with van der Waals surface area (Å²) in [5.41, 5.74) is 1.66. The van der Waals surface area contributed by atoms with Crippen LogP contribution in [0.5, 0.6) is 11.5 Å². The number of nitrogens with zero attached hydrogens (tertiary/aromatic N) is 1. The second-order valence-electron chi connectivity index (χ2n) is 6.41. The number of aliphatic carboxylic acids is 1. The Kier molecular flexibility index (Phi) is 8.33. The molecule has 0 bridgehead atoms. The quantitative estimate of drug-likeness (QED) is 0.483. The normalized spacial score (nSPS) is 11.6. The molecule has 0 aliphatic heterocycles. The van der Waals surface area contributed by atoms with Gasteiger partial charge in [0.2, 0.25) is 0 Å². The van der Waals surface area contributed by atoms with E-state index in [1.54, 1.807) is 19.2 Å². The molecule has 3 N–H and O–H groups in total. The molecule has 0 radical (unpaired) electrons. The van der Waals surface area contributed by atoms with Crippen LogP contribution in [0.15, 0.2) is 45.3 Å². The Morgan fingerprint density at radius 1 is 1.17 bits per heavy atom. The fourth-order valence-corrected chi connectivity index (χ4v) is 4.04. The summed E-state index contributed by atoms with van der Waals surface area (Å²) in [5.74, 6) is -0.344. The second kappa shape index (κ2) is 10.5. The second-order valence-corrected chi connectivity index (χ2v) is 8.12. The zero-order valence-corrected chi connectivity index (χ0v) is 19.2. The molecule has 2 amide bonds. The summed E-state index contributed by atoms with van der Waals surface area (Å²) < 4.78 is 6.06. The number of rotatable bonds is 8. The zero-order chi connectivity index (χ0) is 21.6. The van der Waals surface area contributed by atoms with Crippen molar-refractivity contribution < 1.29 is 24.5 Å². The molecule has 2 rings (SSSR count). The highest BCUT2D eigenvalue weighted by Crippen LogP contribution is 2.33. The molecular weight excluding hydrogens is 508 g/mol. The minimum absolute atomic E-state index is 0.0317. The Morgan fingerprint density at radius 3 is 2.41 bits per heavy atom. The first-order valence-corrected chi connectivity index (χ1v) is 10.3. The number of amides is 2. The van der Waals surface area contributed by atoms with Crippen molar-refractivity contribution in [3.05, 3.63) is 56.5 Å². The molecule has 29 heavy (non-hydrogen) atoms. The summed E-state index contributed by atoms with van der Waals surface area (Å²) in [6.07, 6.45) is 0.680. The van der Waals surface area contributed by atoms with Crippen molar-refractivity contribution in [2.45, 2.75) is 18.9 Å². The first-order chi connectivity index (χ1) is 13.7. The Bertz CT molecular complexity index is 868. The number of carbonyl (C=O) groups excluding carboxylic acids is 1. The van der Waals surface area contributed by atoms with Gasteiger partial charge in [-0.3, -0.25) is 0 Å². The van der Waals surface area contributed by atoms with Crippen molar-refractivity contribution in [1.29, 1.82) is 0 Å². The number of carboxylic acids is 1. The van der Waals surface area contributed by atoms with E-state index >= 15 is 0 Å². The highest BCUT2D eigenvalue weighted by atomic mass is 79.9. The third-order valence-corrected chi connectivity index (χ3v) is 5.61. The molecule has 9 heteroatoms. The van der Waals surface area contributed by atoms with E-state index in [-0.39, 0.29) is 12.2 Å². The molecule has 2 aromatic carbocycles. The standard InChI is InChI=1S/C20H22Br2N2O5/c1-24(20(28)23-7-6-12-4-3-5-14(8-12)29-2)17(19(26)27)11-13-9-15(21)18(25)16(22)10-13/h3-5,8-10,17,25H,6-7,11H2,1-2H3,(H,23,28)(H,26,27)/t17-/m1/s1. The Hall–Kier alpha value is -2.26. The van der Waals surface area contributed by atoms with Gasteiger partial charge >= 0.3 is 12.0 Å². The molecule has 0 aliphatic rings. The fourth-order valence-electron chi connectivity index (χ4n) is 2.76. The molecule has 0 aromatic heterocycles. The third kappa shape index (κ3) is 6.37. The van der Waals surface area contributed by atoms with Crippen LogP contribution in [0, 0.1) is 0 Å². The number of likely N-dealkylation sites (N-methyl/N-ethyl adjacent to an activating group) is 1. The van der Waals surface area contributed by atoms with E-state index in [4.69, 9.17) is 4.74 Å². The van der Waals surface area contributed by atoms with Crippen LogP contribution < -0.4 is 10.1 Å². The van der Waals surface area contributed by atoms with Crippen LogP contribution in [-0.4, -0.2) is 53.9 Å². The number of methoxy groups -OCH3 is 1. The number of ether oxygens (including phenoxy) is 1. The molecule has 0 saturated carbocycles. The van der Waals surface area contributed by atoms with E-state index in [0.29, 0.717) is 27.5 Å². The molecule has 0 unspecified atom stereocenters. The lowest BCUT2D eigenvalue weighted by Crippen LogP contribution is -2.48. The number of urea groups is 1. The Labute approximate surface area is 185 Å². The minimum Gasteiger partial charge on any atom is -0.506 e. The number of halogens is 2. The van der Waals surface area contributed by atoms with Crippen molar-refractivity contribution in [3.8, 4) is 11.5 Å². The van der Waals surface area contributed by atoms with Crippen molar-refractivity contribution in [2.24, 2.45) is 0 Å². The van der Waals surface area contributed by atoms with Crippen LogP contribution in [0.1, 0.15) is 11.1 Å². The summed E-state index contributed by atoms with van der Waals surface area (Å²) in [6, 6.07) is 9.25. The number of benzene rings is 2. The maximum absolute atomic E-state index is 12.4. The average Bonchev–Trinajstić information content (AvgIpc) is 2.69. The first-order valence-electron chi connectivity index (χ1n) is 8.76. The van der Waals surface area contributed by atoms with Gasteiger partial charge in [0, 0.05) is 20.0 Å². The lowest BCUT2D eigenvalue weighted by atomic mass is 10.0. The summed E-state index contributed by atoms with van der Waals surface area (Å²) >= 11 is 6.45. The van der Waals surface area contributed by atoms with E-state index in [1.165, 1.54) is 11.9 Å². The number of nitrogens with one attached hydrogen (secondary N) is 1. The van der Waals surface area contributed by atoms with Gasteiger partial charge in [-0.05, 0) is 73.7 Å². The van der Waals surface area contributed by atoms with Gasteiger partial charge in [0.15, 0.2) is 0 Å². The van der Waals surface area contributed by atoms with Gasteiger partial charge in [0.1, 0.15) is 17.5 Å². The maximum atomic E-state index is 12.4. The first kappa shape index (κ1) is 23.0. The predicted octanol–water partition coefficient (Wildman–Crippen LogP) is 3.81. The van der Waals surface area contributed by atoms with E-state index in [2.05, 4.69) is 37.2 Å². The van der Waals surface area contributed by atoms with E-state index < -0.39 is 18.0 Å². The fraction of sp³-hybridized carbons (Fsp3) is 0.300. The average molecular weight is 530 g/mol. The highest BCUT2D eigenvalue weighted by Gasteiger charge is 2.27. The van der Waals surface area contributed by atoms with E-state index in [9.17, 15) is 19.8 Å². The van der Waals surface area contributed by atoms with Crippen LogP contribution >= 0.6 is 31.9 Å². The minimum atomic E-state index is -1.12. The Balaban J connectivity index is 1.99. The summed E-state index contributed by atoms with van der Waals surface area (Å²) in [4.78, 5) is 25.4. The number of hydrogen-bond donors (Lipinski definition) is 3. The van der Waals surface area contributed by atoms with Crippen LogP contribution in [0.4, 0.5) is 4.79 Å². The third-order valence-electron chi connectivity index (χ3n) is 4.40. The number of aromatic hydroxyl groups is 1. The molecule has 0 saturated heterocycles. The van der Waals surface area contributed by atoms with Gasteiger partial charge in [-0.1, -0.05) is 12.1 Å². The topological polar surface area (TPSA) is 99.1 Å². The number of phenols is 1. The molecule has 0 heterocycles. The molecule has 0 fully saturated rings. The van der Waals surface area contributed by atoms with E-state index in [0.717, 1.165) is 11.3 Å². The molecular formula is C20H22Br2N2O5. The van der Waals surface area contributed by atoms with Gasteiger partial charge in [0.05, 0.1) is 16.1 Å².